The van der Waals surface area contributed by atoms with Crippen molar-refractivity contribution in [3.8, 4) is 0 Å². The number of hydrogen-bond acceptors (Lipinski definition) is 2. The number of alkyl halides is 2. The van der Waals surface area contributed by atoms with Gasteiger partial charge in [-0.05, 0) is 25.9 Å². The predicted octanol–water partition coefficient (Wildman–Crippen LogP) is 1.07. The standard InChI is InChI=1S/C8H16F2N2/c9-8(10)3-6-12(7-8)5-2-1-4-11/h1-7,11H2. The zero-order valence-corrected chi connectivity index (χ0v) is 7.23. The summed E-state index contributed by atoms with van der Waals surface area (Å²) >= 11 is 0. The third kappa shape index (κ3) is 3.03. The third-order valence-electron chi connectivity index (χ3n) is 2.18. The molecule has 0 spiro atoms. The molecule has 1 heterocycles. The zero-order valence-electron chi connectivity index (χ0n) is 7.23. The number of unbranched alkanes of at least 4 members (excludes halogenated alkanes) is 1. The molecule has 0 bridgehead atoms. The Morgan fingerprint density at radius 2 is 2.08 bits per heavy atom. The topological polar surface area (TPSA) is 29.3 Å². The maximum Gasteiger partial charge on any atom is 0.261 e. The van der Waals surface area contributed by atoms with Crippen LogP contribution in [-0.4, -0.2) is 37.0 Å². The molecular weight excluding hydrogens is 162 g/mol. The van der Waals surface area contributed by atoms with Crippen LogP contribution in [0.2, 0.25) is 0 Å². The largest absolute Gasteiger partial charge is 0.330 e. The van der Waals surface area contributed by atoms with E-state index < -0.39 is 5.92 Å². The number of rotatable bonds is 4. The fourth-order valence-corrected chi connectivity index (χ4v) is 1.48. The SMILES string of the molecule is NCCCCN1CCC(F)(F)C1. The second-order valence-electron chi connectivity index (χ2n) is 3.38. The van der Waals surface area contributed by atoms with E-state index >= 15 is 0 Å². The summed E-state index contributed by atoms with van der Waals surface area (Å²) < 4.78 is 25.3. The van der Waals surface area contributed by atoms with Crippen LogP contribution in [0.3, 0.4) is 0 Å². The quantitative estimate of drug-likeness (QED) is 0.652. The molecule has 0 atom stereocenters. The highest BCUT2D eigenvalue weighted by atomic mass is 19.3. The Labute approximate surface area is 71.7 Å². The van der Waals surface area contributed by atoms with Crippen LogP contribution in [-0.2, 0) is 0 Å². The van der Waals surface area contributed by atoms with Gasteiger partial charge in [0.25, 0.3) is 5.92 Å². The molecule has 1 rings (SSSR count). The van der Waals surface area contributed by atoms with Crippen molar-refractivity contribution in [2.45, 2.75) is 25.2 Å². The Morgan fingerprint density at radius 1 is 1.33 bits per heavy atom. The van der Waals surface area contributed by atoms with E-state index in [1.807, 2.05) is 4.90 Å². The van der Waals surface area contributed by atoms with Crippen molar-refractivity contribution < 1.29 is 8.78 Å². The van der Waals surface area contributed by atoms with Crippen molar-refractivity contribution in [3.05, 3.63) is 0 Å². The van der Waals surface area contributed by atoms with E-state index in [9.17, 15) is 8.78 Å². The molecule has 1 fully saturated rings. The van der Waals surface area contributed by atoms with Crippen LogP contribution in [0.1, 0.15) is 19.3 Å². The van der Waals surface area contributed by atoms with Crippen molar-refractivity contribution in [2.75, 3.05) is 26.2 Å². The van der Waals surface area contributed by atoms with Gasteiger partial charge in [0.15, 0.2) is 0 Å². The zero-order chi connectivity index (χ0) is 9.03. The molecule has 0 radical (unpaired) electrons. The maximum absolute atomic E-state index is 12.6. The first-order valence-corrected chi connectivity index (χ1v) is 4.44. The van der Waals surface area contributed by atoms with Crippen LogP contribution >= 0.6 is 0 Å². The highest BCUT2D eigenvalue weighted by Gasteiger charge is 2.37. The average Bonchev–Trinajstić information content (AvgIpc) is 2.31. The van der Waals surface area contributed by atoms with E-state index in [2.05, 4.69) is 0 Å². The summed E-state index contributed by atoms with van der Waals surface area (Å²) in [4.78, 5) is 1.82. The minimum atomic E-state index is -2.44. The smallest absolute Gasteiger partial charge is 0.261 e. The lowest BCUT2D eigenvalue weighted by atomic mass is 10.3. The van der Waals surface area contributed by atoms with Gasteiger partial charge in [-0.25, -0.2) is 8.78 Å². The second kappa shape index (κ2) is 4.14. The van der Waals surface area contributed by atoms with Crippen LogP contribution in [0.25, 0.3) is 0 Å². The molecule has 0 aliphatic carbocycles. The molecule has 0 aromatic rings. The lowest BCUT2D eigenvalue weighted by Crippen LogP contribution is -2.26. The lowest BCUT2D eigenvalue weighted by molar-refractivity contribution is 0.0121. The van der Waals surface area contributed by atoms with Gasteiger partial charge in [0, 0.05) is 13.0 Å². The summed E-state index contributed by atoms with van der Waals surface area (Å²) in [6.45, 7) is 1.91. The van der Waals surface area contributed by atoms with Crippen LogP contribution in [0.4, 0.5) is 8.78 Å². The second-order valence-corrected chi connectivity index (χ2v) is 3.38. The molecular formula is C8H16F2N2. The molecule has 0 aromatic carbocycles. The Bertz CT molecular complexity index is 139. The minimum Gasteiger partial charge on any atom is -0.330 e. The number of hydrogen-bond donors (Lipinski definition) is 1. The summed E-state index contributed by atoms with van der Waals surface area (Å²) in [6.07, 6.45) is 1.89. The average molecular weight is 178 g/mol. The van der Waals surface area contributed by atoms with Crippen LogP contribution in [0, 0.1) is 0 Å². The monoisotopic (exact) mass is 178 g/mol. The number of halogens is 2. The Morgan fingerprint density at radius 3 is 2.58 bits per heavy atom. The van der Waals surface area contributed by atoms with Crippen molar-refractivity contribution in [2.24, 2.45) is 5.73 Å². The number of nitrogens with zero attached hydrogens (tertiary/aromatic N) is 1. The molecule has 1 saturated heterocycles. The summed E-state index contributed by atoms with van der Waals surface area (Å²) in [6, 6.07) is 0. The molecule has 2 nitrogen and oxygen atoms in total. The summed E-state index contributed by atoms with van der Waals surface area (Å²) in [5.41, 5.74) is 5.30. The van der Waals surface area contributed by atoms with E-state index in [0.29, 0.717) is 13.1 Å². The summed E-state index contributed by atoms with van der Waals surface area (Å²) in [5, 5.41) is 0. The normalized spacial score (nSPS) is 23.2. The highest BCUT2D eigenvalue weighted by Crippen LogP contribution is 2.26. The van der Waals surface area contributed by atoms with Gasteiger partial charge in [-0.3, -0.25) is 4.90 Å². The summed E-state index contributed by atoms with van der Waals surface area (Å²) in [7, 11) is 0. The first-order chi connectivity index (χ1) is 5.64. The highest BCUT2D eigenvalue weighted by molar-refractivity contribution is 4.81. The van der Waals surface area contributed by atoms with E-state index in [1.165, 1.54) is 0 Å². The molecule has 0 unspecified atom stereocenters. The molecule has 12 heavy (non-hydrogen) atoms. The van der Waals surface area contributed by atoms with E-state index in [4.69, 9.17) is 5.73 Å². The fraction of sp³-hybridized carbons (Fsp3) is 1.00. The molecule has 2 N–H and O–H groups in total. The predicted molar refractivity (Wildman–Crippen MR) is 44.3 cm³/mol. The van der Waals surface area contributed by atoms with Gasteiger partial charge >= 0.3 is 0 Å². The van der Waals surface area contributed by atoms with Crippen LogP contribution in [0.15, 0.2) is 0 Å². The third-order valence-corrected chi connectivity index (χ3v) is 2.18. The van der Waals surface area contributed by atoms with Crippen molar-refractivity contribution >= 4 is 0 Å². The van der Waals surface area contributed by atoms with E-state index in [-0.39, 0.29) is 13.0 Å². The van der Waals surface area contributed by atoms with Gasteiger partial charge in [0.2, 0.25) is 0 Å². The molecule has 1 aliphatic rings. The molecule has 4 heteroatoms. The van der Waals surface area contributed by atoms with Crippen molar-refractivity contribution in [3.63, 3.8) is 0 Å². The first-order valence-electron chi connectivity index (χ1n) is 4.44. The van der Waals surface area contributed by atoms with Crippen molar-refractivity contribution in [1.29, 1.82) is 0 Å². The van der Waals surface area contributed by atoms with Crippen LogP contribution < -0.4 is 5.73 Å². The molecule has 0 saturated carbocycles. The van der Waals surface area contributed by atoms with Crippen LogP contribution in [0.5, 0.6) is 0 Å². The van der Waals surface area contributed by atoms with Crippen molar-refractivity contribution in [1.82, 2.24) is 4.90 Å². The minimum absolute atomic E-state index is 0.0234. The Balaban J connectivity index is 2.11. The number of nitrogens with two attached hydrogens (primary N) is 1. The van der Waals surface area contributed by atoms with Gasteiger partial charge in [-0.15, -0.1) is 0 Å². The maximum atomic E-state index is 12.6. The van der Waals surface area contributed by atoms with Gasteiger partial charge in [-0.2, -0.15) is 0 Å². The van der Waals surface area contributed by atoms with Gasteiger partial charge < -0.3 is 5.73 Å². The molecule has 1 aliphatic heterocycles. The number of likely N-dealkylation sites (tertiary alicyclic amines) is 1. The van der Waals surface area contributed by atoms with Gasteiger partial charge in [-0.1, -0.05) is 0 Å². The fourth-order valence-electron chi connectivity index (χ4n) is 1.48. The van der Waals surface area contributed by atoms with E-state index in [0.717, 1.165) is 19.4 Å². The molecule has 72 valence electrons. The van der Waals surface area contributed by atoms with Gasteiger partial charge in [0.05, 0.1) is 6.54 Å². The Hall–Kier alpha value is -0.220. The Kier molecular flexibility index (Phi) is 3.40. The first kappa shape index (κ1) is 9.86. The summed E-state index contributed by atoms with van der Waals surface area (Å²) in [5.74, 6) is -2.44. The van der Waals surface area contributed by atoms with E-state index in [1.54, 1.807) is 0 Å². The molecule has 0 amide bonds. The lowest BCUT2D eigenvalue weighted by Gasteiger charge is -2.14. The molecule has 0 aromatic heterocycles. The van der Waals surface area contributed by atoms with Gasteiger partial charge in [0.1, 0.15) is 0 Å².